The Morgan fingerprint density at radius 2 is 1.57 bits per heavy atom. The van der Waals surface area contributed by atoms with E-state index in [4.69, 9.17) is 4.98 Å². The molecule has 6 nitrogen and oxygen atoms in total. The molecule has 7 heteroatoms. The van der Waals surface area contributed by atoms with E-state index in [1.54, 1.807) is 16.8 Å². The van der Waals surface area contributed by atoms with Crippen LogP contribution in [0.3, 0.4) is 0 Å². The lowest BCUT2D eigenvalue weighted by Crippen LogP contribution is -2.43. The lowest BCUT2D eigenvalue weighted by molar-refractivity contribution is 0.460. The molecule has 0 bridgehead atoms. The van der Waals surface area contributed by atoms with E-state index in [-0.39, 0.29) is 5.56 Å². The summed E-state index contributed by atoms with van der Waals surface area (Å²) in [6, 6.07) is 19.9. The zero-order chi connectivity index (χ0) is 29.9. The van der Waals surface area contributed by atoms with Crippen LogP contribution in [0, 0.1) is 11.5 Å². The van der Waals surface area contributed by atoms with Gasteiger partial charge in [-0.15, -0.1) is 5.54 Å². The molecule has 0 aliphatic carbocycles. The molecule has 4 aromatic rings. The Labute approximate surface area is 251 Å². The van der Waals surface area contributed by atoms with E-state index < -0.39 is 8.07 Å². The number of nitrogens with zero attached hydrogens (tertiary/aromatic N) is 3. The van der Waals surface area contributed by atoms with Crippen molar-refractivity contribution in [2.75, 3.05) is 18.4 Å². The molecule has 1 saturated heterocycles. The second-order valence-corrected chi connectivity index (χ2v) is 18.0. The highest BCUT2D eigenvalue weighted by atomic mass is 28.3. The van der Waals surface area contributed by atoms with E-state index in [1.807, 2.05) is 30.3 Å². The molecule has 1 aliphatic rings. The predicted molar refractivity (Wildman–Crippen MR) is 178 cm³/mol. The standard InChI is InChI=1S/C35H43N5OSi/c1-24(2)42(25(3)4,26(5)6)21-18-29-22-33(41)40(31-10-8-7-9-11-31)34-32(29)23-37-35(39-34)38-30-14-12-27(13-15-30)28-16-19-36-20-17-28/h7-15,22-26,28,36H,16-17,19-20H2,1-6H3,(H,37,38,39). The van der Waals surface area contributed by atoms with Gasteiger partial charge in [0.2, 0.25) is 5.95 Å². The Morgan fingerprint density at radius 1 is 0.929 bits per heavy atom. The van der Waals surface area contributed by atoms with Crippen molar-refractivity contribution in [1.29, 1.82) is 0 Å². The van der Waals surface area contributed by atoms with Gasteiger partial charge < -0.3 is 10.6 Å². The summed E-state index contributed by atoms with van der Waals surface area (Å²) in [7, 11) is -2.00. The molecule has 2 N–H and O–H groups in total. The molecule has 0 radical (unpaired) electrons. The summed E-state index contributed by atoms with van der Waals surface area (Å²) >= 11 is 0. The van der Waals surface area contributed by atoms with E-state index in [1.165, 1.54) is 5.56 Å². The quantitative estimate of drug-likeness (QED) is 0.175. The summed E-state index contributed by atoms with van der Waals surface area (Å²) < 4.78 is 1.66. The largest absolute Gasteiger partial charge is 0.324 e. The number of aromatic nitrogens is 3. The second-order valence-electron chi connectivity index (χ2n) is 12.4. The van der Waals surface area contributed by atoms with Crippen molar-refractivity contribution in [3.63, 3.8) is 0 Å². The van der Waals surface area contributed by atoms with Gasteiger partial charge in [-0.05, 0) is 78.3 Å². The van der Waals surface area contributed by atoms with Crippen LogP contribution in [0.1, 0.15) is 71.4 Å². The highest BCUT2D eigenvalue weighted by Gasteiger charge is 2.41. The number of rotatable bonds is 7. The third-order valence-electron chi connectivity index (χ3n) is 9.03. The van der Waals surface area contributed by atoms with Crippen LogP contribution >= 0.6 is 0 Å². The molecule has 0 unspecified atom stereocenters. The average Bonchev–Trinajstić information content (AvgIpc) is 2.98. The zero-order valence-electron chi connectivity index (χ0n) is 25.7. The number of benzene rings is 2. The van der Waals surface area contributed by atoms with Crippen molar-refractivity contribution < 1.29 is 0 Å². The molecule has 5 rings (SSSR count). The van der Waals surface area contributed by atoms with Crippen LogP contribution in [0.15, 0.2) is 71.7 Å². The minimum Gasteiger partial charge on any atom is -0.324 e. The van der Waals surface area contributed by atoms with Crippen LogP contribution in [0.4, 0.5) is 11.6 Å². The fourth-order valence-electron chi connectivity index (χ4n) is 6.83. The molecule has 0 amide bonds. The minimum absolute atomic E-state index is 0.153. The maximum atomic E-state index is 13.7. The van der Waals surface area contributed by atoms with E-state index in [0.717, 1.165) is 42.7 Å². The van der Waals surface area contributed by atoms with Gasteiger partial charge in [-0.25, -0.2) is 4.98 Å². The number of piperidine rings is 1. The smallest absolute Gasteiger partial charge is 0.258 e. The molecule has 0 saturated carbocycles. The predicted octanol–water partition coefficient (Wildman–Crippen LogP) is 7.56. The van der Waals surface area contributed by atoms with Crippen LogP contribution in [-0.4, -0.2) is 35.7 Å². The molecule has 3 heterocycles. The third kappa shape index (κ3) is 5.92. The van der Waals surface area contributed by atoms with Crippen molar-refractivity contribution in [1.82, 2.24) is 19.9 Å². The van der Waals surface area contributed by atoms with Crippen LogP contribution in [0.5, 0.6) is 0 Å². The van der Waals surface area contributed by atoms with Crippen molar-refractivity contribution in [3.05, 3.63) is 88.3 Å². The van der Waals surface area contributed by atoms with Gasteiger partial charge in [0.1, 0.15) is 8.07 Å². The van der Waals surface area contributed by atoms with Crippen molar-refractivity contribution in [2.24, 2.45) is 0 Å². The molecular weight excluding hydrogens is 535 g/mol. The monoisotopic (exact) mass is 577 g/mol. The summed E-state index contributed by atoms with van der Waals surface area (Å²) in [6.45, 7) is 15.9. The van der Waals surface area contributed by atoms with Crippen LogP contribution in [0.25, 0.3) is 16.7 Å². The van der Waals surface area contributed by atoms with Gasteiger partial charge in [-0.2, -0.15) is 4.98 Å². The first-order chi connectivity index (χ1) is 20.2. The number of fused-ring (bicyclic) bond motifs is 1. The minimum atomic E-state index is -2.00. The molecule has 218 valence electrons. The third-order valence-corrected chi connectivity index (χ3v) is 15.3. The van der Waals surface area contributed by atoms with Gasteiger partial charge in [-0.1, -0.05) is 77.8 Å². The molecule has 2 aromatic carbocycles. The number of anilines is 2. The lowest BCUT2D eigenvalue weighted by Gasteiger charge is -2.38. The summed E-state index contributed by atoms with van der Waals surface area (Å²) in [4.78, 5) is 23.3. The van der Waals surface area contributed by atoms with E-state index in [2.05, 4.69) is 92.9 Å². The number of para-hydroxylation sites is 1. The molecule has 1 aliphatic heterocycles. The molecule has 2 aromatic heterocycles. The SMILES string of the molecule is CC(C)[Si](C#Cc1cc(=O)n(-c2ccccc2)c2nc(Nc3ccc(C4CCNCC4)cc3)ncc12)(C(C)C)C(C)C. The molecule has 0 spiro atoms. The van der Waals surface area contributed by atoms with Gasteiger partial charge in [0.05, 0.1) is 11.1 Å². The normalized spacial score (nSPS) is 14.4. The van der Waals surface area contributed by atoms with Crippen LogP contribution in [0.2, 0.25) is 16.6 Å². The highest BCUT2D eigenvalue weighted by Crippen LogP contribution is 2.41. The number of hydrogen-bond donors (Lipinski definition) is 2. The summed E-state index contributed by atoms with van der Waals surface area (Å²) in [5.41, 5.74) is 9.40. The number of nitrogens with one attached hydrogen (secondary N) is 2. The van der Waals surface area contributed by atoms with E-state index in [9.17, 15) is 4.79 Å². The van der Waals surface area contributed by atoms with Crippen LogP contribution < -0.4 is 16.2 Å². The Morgan fingerprint density at radius 3 is 2.19 bits per heavy atom. The zero-order valence-corrected chi connectivity index (χ0v) is 26.7. The van der Waals surface area contributed by atoms with Gasteiger partial charge in [0, 0.05) is 23.5 Å². The topological polar surface area (TPSA) is 71.8 Å². The summed E-state index contributed by atoms with van der Waals surface area (Å²) in [6.07, 6.45) is 4.14. The van der Waals surface area contributed by atoms with Gasteiger partial charge in [0.15, 0.2) is 5.65 Å². The highest BCUT2D eigenvalue weighted by molar-refractivity contribution is 6.90. The molecular formula is C35H43N5OSi. The van der Waals surface area contributed by atoms with Crippen molar-refractivity contribution >= 4 is 30.7 Å². The Bertz CT molecular complexity index is 1620. The average molecular weight is 578 g/mol. The summed E-state index contributed by atoms with van der Waals surface area (Å²) in [5.74, 6) is 4.54. The van der Waals surface area contributed by atoms with E-state index >= 15 is 0 Å². The first kappa shape index (κ1) is 29.7. The lowest BCUT2D eigenvalue weighted by atomic mass is 9.90. The molecule has 1 fully saturated rings. The number of pyridine rings is 1. The van der Waals surface area contributed by atoms with Crippen LogP contribution in [-0.2, 0) is 0 Å². The maximum absolute atomic E-state index is 13.7. The fraction of sp³-hybridized carbons (Fsp3) is 0.400. The van der Waals surface area contributed by atoms with E-state index in [0.29, 0.717) is 39.7 Å². The second kappa shape index (κ2) is 12.6. The van der Waals surface area contributed by atoms with Gasteiger partial charge in [0.25, 0.3) is 5.56 Å². The Kier molecular flexibility index (Phi) is 8.95. The maximum Gasteiger partial charge on any atom is 0.258 e. The first-order valence-corrected chi connectivity index (χ1v) is 17.5. The summed E-state index contributed by atoms with van der Waals surface area (Å²) in [5, 5.41) is 7.58. The Balaban J connectivity index is 1.59. The van der Waals surface area contributed by atoms with Gasteiger partial charge >= 0.3 is 0 Å². The Hall–Kier alpha value is -3.73. The van der Waals surface area contributed by atoms with Gasteiger partial charge in [-0.3, -0.25) is 9.36 Å². The van der Waals surface area contributed by atoms with Crippen molar-refractivity contribution in [2.45, 2.75) is 76.9 Å². The first-order valence-electron chi connectivity index (χ1n) is 15.3. The molecule has 42 heavy (non-hydrogen) atoms. The fourth-order valence-corrected chi connectivity index (χ4v) is 12.0. The van der Waals surface area contributed by atoms with Crippen molar-refractivity contribution in [3.8, 4) is 17.2 Å². The molecule has 0 atom stereocenters. The number of hydrogen-bond acceptors (Lipinski definition) is 5.